The minimum Gasteiger partial charge on any atom is -0.368 e. The largest absolute Gasteiger partial charge is 0.368 e. The lowest BCUT2D eigenvalue weighted by Gasteiger charge is -2.36. The number of carbonyl (C=O) groups is 2. The van der Waals surface area contributed by atoms with E-state index in [-0.39, 0.29) is 48.5 Å². The summed E-state index contributed by atoms with van der Waals surface area (Å²) < 4.78 is 13.0. The molecule has 0 aliphatic carbocycles. The Hall–Kier alpha value is -1.57. The van der Waals surface area contributed by atoms with Gasteiger partial charge in [-0.15, -0.1) is 24.8 Å². The van der Waals surface area contributed by atoms with Crippen molar-refractivity contribution >= 4 is 42.3 Å². The van der Waals surface area contributed by atoms with Gasteiger partial charge < -0.3 is 20.4 Å². The van der Waals surface area contributed by atoms with Crippen LogP contribution in [-0.2, 0) is 9.59 Å². The molecule has 2 saturated heterocycles. The van der Waals surface area contributed by atoms with Crippen LogP contribution in [0.15, 0.2) is 24.3 Å². The highest BCUT2D eigenvalue weighted by atomic mass is 35.5. The lowest BCUT2D eigenvalue weighted by molar-refractivity contribution is -0.131. The SMILES string of the molecule is Cl.Cl.O=C(NCCC(=O)N1CCN(c2ccc(F)cc2)CC1)C1CCCN1. The van der Waals surface area contributed by atoms with E-state index in [9.17, 15) is 14.0 Å². The van der Waals surface area contributed by atoms with Crippen molar-refractivity contribution in [2.45, 2.75) is 25.3 Å². The molecular formula is C18H27Cl2FN4O2. The van der Waals surface area contributed by atoms with Gasteiger partial charge in [-0.25, -0.2) is 4.39 Å². The van der Waals surface area contributed by atoms with Crippen LogP contribution >= 0.6 is 24.8 Å². The molecule has 0 radical (unpaired) electrons. The number of nitrogens with one attached hydrogen (secondary N) is 2. The molecule has 2 fully saturated rings. The Morgan fingerprint density at radius 2 is 1.78 bits per heavy atom. The summed E-state index contributed by atoms with van der Waals surface area (Å²) >= 11 is 0. The second-order valence-electron chi connectivity index (χ2n) is 6.53. The molecule has 6 nitrogen and oxygen atoms in total. The van der Waals surface area contributed by atoms with Crippen molar-refractivity contribution in [3.63, 3.8) is 0 Å². The first kappa shape index (κ1) is 23.5. The lowest BCUT2D eigenvalue weighted by Crippen LogP contribution is -2.49. The van der Waals surface area contributed by atoms with Gasteiger partial charge in [0.25, 0.3) is 0 Å². The van der Waals surface area contributed by atoms with Crippen LogP contribution in [0.2, 0.25) is 0 Å². The van der Waals surface area contributed by atoms with Crippen LogP contribution in [0.3, 0.4) is 0 Å². The number of hydrogen-bond donors (Lipinski definition) is 2. The standard InChI is InChI=1S/C18H25FN4O2.2ClH/c19-14-3-5-15(6-4-14)22-10-12-23(13-11-22)17(24)7-9-21-18(25)16-2-1-8-20-16;;/h3-6,16,20H,1-2,7-13H2,(H,21,25);2*1H. The highest BCUT2D eigenvalue weighted by molar-refractivity contribution is 5.85. The minimum atomic E-state index is -0.243. The summed E-state index contributed by atoms with van der Waals surface area (Å²) in [6.45, 7) is 4.03. The molecule has 152 valence electrons. The van der Waals surface area contributed by atoms with Gasteiger partial charge in [0.1, 0.15) is 5.82 Å². The quantitative estimate of drug-likeness (QED) is 0.758. The van der Waals surface area contributed by atoms with Gasteiger partial charge in [-0.2, -0.15) is 0 Å². The number of rotatable bonds is 5. The predicted octanol–water partition coefficient (Wildman–Crippen LogP) is 1.58. The number of amides is 2. The maximum atomic E-state index is 13.0. The van der Waals surface area contributed by atoms with Gasteiger partial charge in [0.2, 0.25) is 11.8 Å². The molecule has 0 aromatic heterocycles. The van der Waals surface area contributed by atoms with Crippen LogP contribution in [-0.4, -0.2) is 62.0 Å². The highest BCUT2D eigenvalue weighted by Crippen LogP contribution is 2.17. The number of nitrogens with zero attached hydrogens (tertiary/aromatic N) is 2. The van der Waals surface area contributed by atoms with Crippen molar-refractivity contribution < 1.29 is 14.0 Å². The number of carbonyl (C=O) groups excluding carboxylic acids is 2. The number of piperazine rings is 1. The van der Waals surface area contributed by atoms with Crippen molar-refractivity contribution in [2.24, 2.45) is 0 Å². The molecule has 1 aromatic carbocycles. The fourth-order valence-electron chi connectivity index (χ4n) is 3.35. The summed E-state index contributed by atoms with van der Waals surface area (Å²) in [6, 6.07) is 6.33. The first-order chi connectivity index (χ1) is 12.1. The zero-order chi connectivity index (χ0) is 17.6. The smallest absolute Gasteiger partial charge is 0.237 e. The molecule has 2 N–H and O–H groups in total. The van der Waals surface area contributed by atoms with Gasteiger partial charge in [-0.1, -0.05) is 0 Å². The van der Waals surface area contributed by atoms with Crippen LogP contribution in [0.1, 0.15) is 19.3 Å². The van der Waals surface area contributed by atoms with Crippen molar-refractivity contribution in [1.82, 2.24) is 15.5 Å². The first-order valence-corrected chi connectivity index (χ1v) is 8.93. The third-order valence-electron chi connectivity index (χ3n) is 4.84. The van der Waals surface area contributed by atoms with Crippen molar-refractivity contribution in [3.05, 3.63) is 30.1 Å². The van der Waals surface area contributed by atoms with Gasteiger partial charge in [0.05, 0.1) is 6.04 Å². The summed E-state index contributed by atoms with van der Waals surface area (Å²) in [5.41, 5.74) is 0.977. The Kier molecular flexibility index (Phi) is 9.83. The number of benzene rings is 1. The average Bonchev–Trinajstić information content (AvgIpc) is 3.17. The Labute approximate surface area is 171 Å². The molecule has 3 rings (SSSR count). The predicted molar refractivity (Wildman–Crippen MR) is 108 cm³/mol. The van der Waals surface area contributed by atoms with E-state index < -0.39 is 0 Å². The average molecular weight is 421 g/mol. The molecule has 9 heteroatoms. The topological polar surface area (TPSA) is 64.7 Å². The summed E-state index contributed by atoms with van der Waals surface area (Å²) in [7, 11) is 0. The molecule has 0 saturated carbocycles. The van der Waals surface area contributed by atoms with Crippen molar-refractivity contribution in [2.75, 3.05) is 44.2 Å². The van der Waals surface area contributed by atoms with Gasteiger partial charge in [0, 0.05) is 44.8 Å². The fourth-order valence-corrected chi connectivity index (χ4v) is 3.35. The van der Waals surface area contributed by atoms with Crippen molar-refractivity contribution in [3.8, 4) is 0 Å². The highest BCUT2D eigenvalue weighted by Gasteiger charge is 2.23. The maximum Gasteiger partial charge on any atom is 0.237 e. The number of hydrogen-bond acceptors (Lipinski definition) is 4. The monoisotopic (exact) mass is 420 g/mol. The summed E-state index contributed by atoms with van der Waals surface area (Å²) in [6.07, 6.45) is 2.22. The van der Waals surface area contributed by atoms with E-state index in [1.807, 2.05) is 4.90 Å². The third-order valence-corrected chi connectivity index (χ3v) is 4.84. The first-order valence-electron chi connectivity index (χ1n) is 8.93. The van der Waals surface area contributed by atoms with Crippen LogP contribution in [0, 0.1) is 5.82 Å². The van der Waals surface area contributed by atoms with Crippen LogP contribution in [0.5, 0.6) is 0 Å². The summed E-state index contributed by atoms with van der Waals surface area (Å²) in [5.74, 6) is -0.183. The van der Waals surface area contributed by atoms with Gasteiger partial charge in [0.15, 0.2) is 0 Å². The second-order valence-corrected chi connectivity index (χ2v) is 6.53. The second kappa shape index (κ2) is 11.3. The number of anilines is 1. The zero-order valence-electron chi connectivity index (χ0n) is 15.2. The molecule has 1 atom stereocenters. The van der Waals surface area contributed by atoms with E-state index in [2.05, 4.69) is 15.5 Å². The normalized spacial score (nSPS) is 19.1. The number of halogens is 3. The molecule has 2 amide bonds. The molecule has 1 unspecified atom stereocenters. The molecule has 2 heterocycles. The van der Waals surface area contributed by atoms with E-state index in [0.717, 1.165) is 38.2 Å². The summed E-state index contributed by atoms with van der Waals surface area (Å²) in [5, 5.41) is 5.99. The molecular weight excluding hydrogens is 394 g/mol. The minimum absolute atomic E-state index is 0. The van der Waals surface area contributed by atoms with E-state index in [4.69, 9.17) is 0 Å². The van der Waals surface area contributed by atoms with E-state index >= 15 is 0 Å². The van der Waals surface area contributed by atoms with Crippen LogP contribution in [0.4, 0.5) is 10.1 Å². The van der Waals surface area contributed by atoms with E-state index in [0.29, 0.717) is 26.1 Å². The van der Waals surface area contributed by atoms with Gasteiger partial charge >= 0.3 is 0 Å². The van der Waals surface area contributed by atoms with Crippen molar-refractivity contribution in [1.29, 1.82) is 0 Å². The molecule has 2 aliphatic heterocycles. The molecule has 0 spiro atoms. The molecule has 2 aliphatic rings. The van der Waals surface area contributed by atoms with E-state index in [1.54, 1.807) is 12.1 Å². The Bertz CT molecular complexity index is 604. The van der Waals surface area contributed by atoms with Crippen LogP contribution in [0.25, 0.3) is 0 Å². The molecule has 0 bridgehead atoms. The third kappa shape index (κ3) is 6.52. The van der Waals surface area contributed by atoms with E-state index in [1.165, 1.54) is 12.1 Å². The molecule has 1 aromatic rings. The summed E-state index contributed by atoms with van der Waals surface area (Å²) in [4.78, 5) is 28.2. The Morgan fingerprint density at radius 1 is 1.11 bits per heavy atom. The van der Waals surface area contributed by atoms with Gasteiger partial charge in [-0.3, -0.25) is 9.59 Å². The zero-order valence-corrected chi connectivity index (χ0v) is 16.8. The fraction of sp³-hybridized carbons (Fsp3) is 0.556. The van der Waals surface area contributed by atoms with Gasteiger partial charge in [-0.05, 0) is 43.7 Å². The maximum absolute atomic E-state index is 13.0. The van der Waals surface area contributed by atoms with Crippen LogP contribution < -0.4 is 15.5 Å². The Balaban J connectivity index is 0.00000182. The molecule has 27 heavy (non-hydrogen) atoms. The lowest BCUT2D eigenvalue weighted by atomic mass is 10.2. The Morgan fingerprint density at radius 3 is 2.37 bits per heavy atom.